The van der Waals surface area contributed by atoms with E-state index in [-0.39, 0.29) is 4.90 Å². The summed E-state index contributed by atoms with van der Waals surface area (Å²) >= 11 is 0. The molecule has 2 aromatic rings. The highest BCUT2D eigenvalue weighted by atomic mass is 32.2. The van der Waals surface area contributed by atoms with Gasteiger partial charge in [-0.05, 0) is 18.1 Å². The van der Waals surface area contributed by atoms with Crippen LogP contribution in [0.15, 0.2) is 72.1 Å². The summed E-state index contributed by atoms with van der Waals surface area (Å²) in [5.74, 6) is 0. The van der Waals surface area contributed by atoms with E-state index in [9.17, 15) is 18.5 Å². The second kappa shape index (κ2) is 7.17. The average molecular weight is 332 g/mol. The molecule has 6 nitrogen and oxygen atoms in total. The summed E-state index contributed by atoms with van der Waals surface area (Å²) in [4.78, 5) is 9.94. The topological polar surface area (TPSA) is 89.3 Å². The van der Waals surface area contributed by atoms with Crippen molar-refractivity contribution < 1.29 is 13.3 Å². The Kier molecular flexibility index (Phi) is 5.25. The molecule has 7 heteroatoms. The molecule has 0 bridgehead atoms. The van der Waals surface area contributed by atoms with Crippen LogP contribution in [0.2, 0.25) is 0 Å². The second-order valence-electron chi connectivity index (χ2n) is 4.88. The fourth-order valence-electron chi connectivity index (χ4n) is 2.14. The third-order valence-electron chi connectivity index (χ3n) is 3.24. The smallest absolute Gasteiger partial charge is 0.258 e. The van der Waals surface area contributed by atoms with Crippen LogP contribution in [0.1, 0.15) is 5.56 Å². The summed E-state index contributed by atoms with van der Waals surface area (Å²) in [7, 11) is -4.03. The Hall–Kier alpha value is -2.51. The maximum absolute atomic E-state index is 12.5. The molecule has 0 aliphatic carbocycles. The van der Waals surface area contributed by atoms with E-state index in [1.54, 1.807) is 0 Å². The van der Waals surface area contributed by atoms with Crippen molar-refractivity contribution in [1.82, 2.24) is 4.72 Å². The monoisotopic (exact) mass is 332 g/mol. The summed E-state index contributed by atoms with van der Waals surface area (Å²) in [6.07, 6.45) is 1.88. The fourth-order valence-corrected chi connectivity index (χ4v) is 3.52. The normalized spacial score (nSPS) is 12.5. The van der Waals surface area contributed by atoms with E-state index in [0.717, 1.165) is 11.6 Å². The average Bonchev–Trinajstić information content (AvgIpc) is 2.55. The van der Waals surface area contributed by atoms with Crippen LogP contribution < -0.4 is 4.72 Å². The van der Waals surface area contributed by atoms with Crippen LogP contribution in [0.3, 0.4) is 0 Å². The van der Waals surface area contributed by atoms with Crippen LogP contribution in [0.5, 0.6) is 0 Å². The minimum atomic E-state index is -4.03. The number of nitrogens with zero attached hydrogens (tertiary/aromatic N) is 1. The zero-order valence-corrected chi connectivity index (χ0v) is 13.1. The third kappa shape index (κ3) is 4.24. The quantitative estimate of drug-likeness (QED) is 0.479. The molecule has 0 aromatic heterocycles. The van der Waals surface area contributed by atoms with Crippen LogP contribution in [-0.2, 0) is 16.4 Å². The van der Waals surface area contributed by atoms with Gasteiger partial charge in [0.1, 0.15) is 0 Å². The molecule has 0 radical (unpaired) electrons. The van der Waals surface area contributed by atoms with Gasteiger partial charge in [0.25, 0.3) is 5.69 Å². The molecule has 1 unspecified atom stereocenters. The SMILES string of the molecule is C=CC(Cc1ccccc1)NS(=O)(=O)c1ccccc1[N+](=O)[O-]. The van der Waals surface area contributed by atoms with Gasteiger partial charge in [-0.1, -0.05) is 48.5 Å². The summed E-state index contributed by atoms with van der Waals surface area (Å²) in [5, 5.41) is 11.0. The maximum Gasteiger partial charge on any atom is 0.289 e. The van der Waals surface area contributed by atoms with Gasteiger partial charge in [0.05, 0.1) is 4.92 Å². The maximum atomic E-state index is 12.5. The van der Waals surface area contributed by atoms with Gasteiger partial charge in [-0.2, -0.15) is 0 Å². The van der Waals surface area contributed by atoms with E-state index in [2.05, 4.69) is 11.3 Å². The molecule has 2 aromatic carbocycles. The van der Waals surface area contributed by atoms with Gasteiger partial charge in [-0.3, -0.25) is 10.1 Å². The van der Waals surface area contributed by atoms with Crippen LogP contribution in [-0.4, -0.2) is 19.4 Å². The Morgan fingerprint density at radius 3 is 2.35 bits per heavy atom. The van der Waals surface area contributed by atoms with E-state index < -0.39 is 26.7 Å². The molecule has 2 rings (SSSR count). The first-order valence-corrected chi connectivity index (χ1v) is 8.34. The number of rotatable bonds is 7. The molecule has 0 saturated carbocycles. The first-order chi connectivity index (χ1) is 10.9. The van der Waals surface area contributed by atoms with Crippen molar-refractivity contribution in [2.24, 2.45) is 0 Å². The first-order valence-electron chi connectivity index (χ1n) is 6.86. The molecule has 0 aliphatic rings. The molecular weight excluding hydrogens is 316 g/mol. The van der Waals surface area contributed by atoms with Crippen LogP contribution in [0.4, 0.5) is 5.69 Å². The Labute approximate surface area is 134 Å². The number of nitro benzene ring substituents is 1. The summed E-state index contributed by atoms with van der Waals surface area (Å²) < 4.78 is 27.4. The van der Waals surface area contributed by atoms with Crippen molar-refractivity contribution in [3.8, 4) is 0 Å². The van der Waals surface area contributed by atoms with Crippen LogP contribution >= 0.6 is 0 Å². The Morgan fingerprint density at radius 1 is 1.13 bits per heavy atom. The lowest BCUT2D eigenvalue weighted by atomic mass is 10.1. The van der Waals surface area contributed by atoms with Crippen molar-refractivity contribution in [2.75, 3.05) is 0 Å². The Balaban J connectivity index is 2.26. The summed E-state index contributed by atoms with van der Waals surface area (Å²) in [6.45, 7) is 3.63. The van der Waals surface area contributed by atoms with Gasteiger partial charge in [0.2, 0.25) is 10.0 Å². The molecular formula is C16H16N2O4S. The Bertz CT molecular complexity index is 804. The zero-order valence-electron chi connectivity index (χ0n) is 12.3. The van der Waals surface area contributed by atoms with Crippen molar-refractivity contribution in [1.29, 1.82) is 0 Å². The number of para-hydroxylation sites is 1. The van der Waals surface area contributed by atoms with Crippen LogP contribution in [0.25, 0.3) is 0 Å². The van der Waals surface area contributed by atoms with Crippen molar-refractivity contribution in [2.45, 2.75) is 17.4 Å². The van der Waals surface area contributed by atoms with E-state index in [1.807, 2.05) is 30.3 Å². The van der Waals surface area contributed by atoms with Gasteiger partial charge in [0, 0.05) is 12.1 Å². The molecule has 0 spiro atoms. The van der Waals surface area contributed by atoms with E-state index in [4.69, 9.17) is 0 Å². The highest BCUT2D eigenvalue weighted by Gasteiger charge is 2.26. The van der Waals surface area contributed by atoms with Gasteiger partial charge in [0.15, 0.2) is 4.90 Å². The lowest BCUT2D eigenvalue weighted by Gasteiger charge is -2.15. The molecule has 23 heavy (non-hydrogen) atoms. The zero-order chi connectivity index (χ0) is 16.9. The highest BCUT2D eigenvalue weighted by Crippen LogP contribution is 2.23. The van der Waals surface area contributed by atoms with Gasteiger partial charge in [-0.15, -0.1) is 6.58 Å². The molecule has 0 heterocycles. The van der Waals surface area contributed by atoms with Gasteiger partial charge < -0.3 is 0 Å². The van der Waals surface area contributed by atoms with Gasteiger partial charge >= 0.3 is 0 Å². The third-order valence-corrected chi connectivity index (χ3v) is 4.78. The Morgan fingerprint density at radius 2 is 1.74 bits per heavy atom. The van der Waals surface area contributed by atoms with E-state index >= 15 is 0 Å². The van der Waals surface area contributed by atoms with Gasteiger partial charge in [-0.25, -0.2) is 13.1 Å². The largest absolute Gasteiger partial charge is 0.289 e. The predicted molar refractivity (Wildman–Crippen MR) is 87.5 cm³/mol. The molecule has 0 aliphatic heterocycles. The van der Waals surface area contributed by atoms with Crippen molar-refractivity contribution in [3.63, 3.8) is 0 Å². The number of nitrogens with one attached hydrogen (secondary N) is 1. The molecule has 1 N–H and O–H groups in total. The number of benzene rings is 2. The van der Waals surface area contributed by atoms with Crippen molar-refractivity contribution >= 4 is 15.7 Å². The van der Waals surface area contributed by atoms with E-state index in [1.165, 1.54) is 24.3 Å². The second-order valence-corrected chi connectivity index (χ2v) is 6.56. The fraction of sp³-hybridized carbons (Fsp3) is 0.125. The standard InChI is InChI=1S/C16H16N2O4S/c1-2-14(12-13-8-4-3-5-9-13)17-23(21,22)16-11-7-6-10-15(16)18(19)20/h2-11,14,17H,1,12H2. The molecule has 1 atom stereocenters. The number of hydrogen-bond donors (Lipinski definition) is 1. The minimum absolute atomic E-state index is 0.357. The number of nitro groups is 1. The number of sulfonamides is 1. The molecule has 0 fully saturated rings. The summed E-state index contributed by atoms with van der Waals surface area (Å²) in [6, 6.07) is 14.0. The predicted octanol–water partition coefficient (Wildman–Crippen LogP) is 2.67. The van der Waals surface area contributed by atoms with Crippen LogP contribution in [0, 0.1) is 10.1 Å². The first kappa shape index (κ1) is 16.9. The minimum Gasteiger partial charge on any atom is -0.258 e. The molecule has 0 amide bonds. The highest BCUT2D eigenvalue weighted by molar-refractivity contribution is 7.89. The van der Waals surface area contributed by atoms with E-state index in [0.29, 0.717) is 6.42 Å². The molecule has 120 valence electrons. The van der Waals surface area contributed by atoms with Crippen molar-refractivity contribution in [3.05, 3.63) is 82.9 Å². The lowest BCUT2D eigenvalue weighted by Crippen LogP contribution is -2.35. The lowest BCUT2D eigenvalue weighted by molar-refractivity contribution is -0.387. The summed E-state index contributed by atoms with van der Waals surface area (Å²) in [5.41, 5.74) is 0.477. The molecule has 0 saturated heterocycles. The number of hydrogen-bond acceptors (Lipinski definition) is 4.